The van der Waals surface area contributed by atoms with Gasteiger partial charge in [0.25, 0.3) is 0 Å². The number of hydrogen-bond acceptors (Lipinski definition) is 5. The maximum Gasteiger partial charge on any atom is 0.327 e. The maximum atomic E-state index is 12.7. The third-order valence-electron chi connectivity index (χ3n) is 6.32. The van der Waals surface area contributed by atoms with Crippen LogP contribution in [-0.4, -0.2) is 49.8 Å². The van der Waals surface area contributed by atoms with Crippen LogP contribution in [0.5, 0.6) is 0 Å². The first-order chi connectivity index (χ1) is 15.7. The van der Waals surface area contributed by atoms with Gasteiger partial charge in [0.15, 0.2) is 0 Å². The summed E-state index contributed by atoms with van der Waals surface area (Å²) in [5, 5.41) is 9.92. The van der Waals surface area contributed by atoms with E-state index in [1.807, 2.05) is 30.5 Å². The van der Waals surface area contributed by atoms with E-state index in [0.717, 1.165) is 67.2 Å². The summed E-state index contributed by atoms with van der Waals surface area (Å²) in [6.07, 6.45) is 4.87. The number of carbonyl (C=O) groups is 1. The van der Waals surface area contributed by atoms with Crippen molar-refractivity contribution in [2.24, 2.45) is 5.73 Å². The fraction of sp³-hybridized carbons (Fsp3) is 0.320. The Balaban J connectivity index is 1.31. The fourth-order valence-electron chi connectivity index (χ4n) is 4.43. The molecule has 166 valence electrons. The SMILES string of the molecule is NCc1ccc(N2C=C3C=C(c4cccc(CCN5CCNCC5)c4)NC3NC2=O)cc1. The lowest BCUT2D eigenvalue weighted by atomic mass is 10.1. The lowest BCUT2D eigenvalue weighted by Crippen LogP contribution is -2.51. The zero-order chi connectivity index (χ0) is 21.9. The van der Waals surface area contributed by atoms with Gasteiger partial charge in [0, 0.05) is 56.7 Å². The van der Waals surface area contributed by atoms with Gasteiger partial charge in [0.05, 0.1) is 5.69 Å². The van der Waals surface area contributed by atoms with E-state index in [9.17, 15) is 4.79 Å². The predicted octanol–water partition coefficient (Wildman–Crippen LogP) is 1.98. The second kappa shape index (κ2) is 9.16. The summed E-state index contributed by atoms with van der Waals surface area (Å²) in [7, 11) is 0. The van der Waals surface area contributed by atoms with E-state index in [0.29, 0.717) is 6.54 Å². The van der Waals surface area contributed by atoms with Crippen molar-refractivity contribution in [3.8, 4) is 0 Å². The molecule has 1 unspecified atom stereocenters. The molecule has 5 rings (SSSR count). The Morgan fingerprint density at radius 3 is 2.59 bits per heavy atom. The molecule has 2 aromatic carbocycles. The van der Waals surface area contributed by atoms with Crippen molar-refractivity contribution in [3.05, 3.63) is 83.1 Å². The molecule has 0 radical (unpaired) electrons. The largest absolute Gasteiger partial charge is 0.361 e. The predicted molar refractivity (Wildman–Crippen MR) is 128 cm³/mol. The van der Waals surface area contributed by atoms with Crippen molar-refractivity contribution >= 4 is 17.4 Å². The zero-order valence-electron chi connectivity index (χ0n) is 18.2. The normalized spacial score (nSPS) is 20.8. The second-order valence-electron chi connectivity index (χ2n) is 8.50. The van der Waals surface area contributed by atoms with Crippen LogP contribution in [0.25, 0.3) is 5.70 Å². The van der Waals surface area contributed by atoms with Crippen molar-refractivity contribution in [2.45, 2.75) is 19.1 Å². The van der Waals surface area contributed by atoms with Crippen LogP contribution >= 0.6 is 0 Å². The van der Waals surface area contributed by atoms with Crippen LogP contribution in [0, 0.1) is 0 Å². The number of anilines is 1. The monoisotopic (exact) mass is 430 g/mol. The Kier molecular flexibility index (Phi) is 5.94. The van der Waals surface area contributed by atoms with Gasteiger partial charge in [-0.2, -0.15) is 0 Å². The summed E-state index contributed by atoms with van der Waals surface area (Å²) in [6.45, 7) is 5.96. The molecule has 3 heterocycles. The van der Waals surface area contributed by atoms with Crippen molar-refractivity contribution in [3.63, 3.8) is 0 Å². The Labute approximate surface area is 189 Å². The van der Waals surface area contributed by atoms with E-state index in [2.05, 4.69) is 51.2 Å². The third kappa shape index (κ3) is 4.41. The highest BCUT2D eigenvalue weighted by molar-refractivity contribution is 5.96. The van der Waals surface area contributed by atoms with E-state index in [-0.39, 0.29) is 12.2 Å². The van der Waals surface area contributed by atoms with Gasteiger partial charge in [-0.3, -0.25) is 4.90 Å². The van der Waals surface area contributed by atoms with Gasteiger partial charge in [0.1, 0.15) is 6.17 Å². The molecule has 1 fully saturated rings. The lowest BCUT2D eigenvalue weighted by molar-refractivity contribution is 0.244. The molecule has 7 nitrogen and oxygen atoms in total. The van der Waals surface area contributed by atoms with Crippen LogP contribution in [-0.2, 0) is 13.0 Å². The fourth-order valence-corrected chi connectivity index (χ4v) is 4.43. The van der Waals surface area contributed by atoms with Gasteiger partial charge in [0.2, 0.25) is 0 Å². The molecule has 32 heavy (non-hydrogen) atoms. The maximum absolute atomic E-state index is 12.7. The third-order valence-corrected chi connectivity index (χ3v) is 6.32. The Morgan fingerprint density at radius 2 is 1.81 bits per heavy atom. The molecule has 0 aromatic heterocycles. The van der Waals surface area contributed by atoms with Crippen molar-refractivity contribution in [1.29, 1.82) is 0 Å². The standard InChI is InChI=1S/C25H30N6O/c26-16-19-4-6-22(7-5-19)31-17-21-15-23(28-24(21)29-25(31)32)20-3-1-2-18(14-20)8-11-30-12-9-27-10-13-30/h1-7,14-15,17,24,27-28H,8-13,16,26H2,(H,29,32). The van der Waals surface area contributed by atoms with E-state index >= 15 is 0 Å². The molecule has 7 heteroatoms. The summed E-state index contributed by atoms with van der Waals surface area (Å²) in [6, 6.07) is 16.3. The van der Waals surface area contributed by atoms with Gasteiger partial charge < -0.3 is 26.6 Å². The Bertz CT molecular complexity index is 1040. The first-order valence-corrected chi connectivity index (χ1v) is 11.3. The number of hydrogen-bond donors (Lipinski definition) is 4. The van der Waals surface area contributed by atoms with E-state index < -0.39 is 0 Å². The number of amides is 2. The highest BCUT2D eigenvalue weighted by Crippen LogP contribution is 2.28. The quantitative estimate of drug-likeness (QED) is 0.563. The number of urea groups is 1. The van der Waals surface area contributed by atoms with Gasteiger partial charge in [-0.05, 0) is 47.4 Å². The van der Waals surface area contributed by atoms with Crippen LogP contribution in [0.4, 0.5) is 10.5 Å². The highest BCUT2D eigenvalue weighted by Gasteiger charge is 2.31. The second-order valence-corrected chi connectivity index (χ2v) is 8.50. The number of nitrogens with zero attached hydrogens (tertiary/aromatic N) is 2. The van der Waals surface area contributed by atoms with E-state index in [4.69, 9.17) is 5.73 Å². The molecule has 0 saturated carbocycles. The molecule has 0 aliphatic carbocycles. The van der Waals surface area contributed by atoms with Gasteiger partial charge in [-0.15, -0.1) is 0 Å². The molecule has 0 bridgehead atoms. The summed E-state index contributed by atoms with van der Waals surface area (Å²) in [5.41, 5.74) is 12.1. The minimum Gasteiger partial charge on any atom is -0.361 e. The summed E-state index contributed by atoms with van der Waals surface area (Å²) in [4.78, 5) is 16.9. The zero-order valence-corrected chi connectivity index (χ0v) is 18.2. The summed E-state index contributed by atoms with van der Waals surface area (Å²) < 4.78 is 0. The molecule has 1 saturated heterocycles. The van der Waals surface area contributed by atoms with Crippen LogP contribution in [0.1, 0.15) is 16.7 Å². The molecule has 2 aromatic rings. The summed E-state index contributed by atoms with van der Waals surface area (Å²) >= 11 is 0. The van der Waals surface area contributed by atoms with Crippen molar-refractivity contribution in [1.82, 2.24) is 20.9 Å². The van der Waals surface area contributed by atoms with Crippen molar-refractivity contribution in [2.75, 3.05) is 37.6 Å². The van der Waals surface area contributed by atoms with Gasteiger partial charge >= 0.3 is 6.03 Å². The lowest BCUT2D eigenvalue weighted by Gasteiger charge is -2.29. The average molecular weight is 431 g/mol. The summed E-state index contributed by atoms with van der Waals surface area (Å²) in [5.74, 6) is 0. The molecule has 3 aliphatic heterocycles. The first kappa shape index (κ1) is 20.8. The van der Waals surface area contributed by atoms with Gasteiger partial charge in [-0.1, -0.05) is 30.3 Å². The number of nitrogens with one attached hydrogen (secondary N) is 3. The van der Waals surface area contributed by atoms with E-state index in [1.165, 1.54) is 5.56 Å². The van der Waals surface area contributed by atoms with E-state index in [1.54, 1.807) is 4.90 Å². The van der Waals surface area contributed by atoms with Crippen molar-refractivity contribution < 1.29 is 4.79 Å². The number of benzene rings is 2. The average Bonchev–Trinajstić information content (AvgIpc) is 3.26. The molecule has 5 N–H and O–H groups in total. The number of rotatable bonds is 6. The Morgan fingerprint density at radius 1 is 1.00 bits per heavy atom. The highest BCUT2D eigenvalue weighted by atomic mass is 16.2. The molecular weight excluding hydrogens is 400 g/mol. The first-order valence-electron chi connectivity index (χ1n) is 11.3. The number of fused-ring (bicyclic) bond motifs is 1. The van der Waals surface area contributed by atoms with Crippen LogP contribution < -0.4 is 26.6 Å². The topological polar surface area (TPSA) is 85.7 Å². The van der Waals surface area contributed by atoms with Crippen LogP contribution in [0.2, 0.25) is 0 Å². The Hall–Kier alpha value is -3.13. The molecule has 2 amide bonds. The minimum atomic E-state index is -0.207. The smallest absolute Gasteiger partial charge is 0.327 e. The molecular formula is C25H30N6O. The van der Waals surface area contributed by atoms with Crippen LogP contribution in [0.15, 0.2) is 66.4 Å². The number of nitrogens with two attached hydrogens (primary N) is 1. The van der Waals surface area contributed by atoms with Gasteiger partial charge in [-0.25, -0.2) is 4.79 Å². The molecule has 0 spiro atoms. The molecule has 1 atom stereocenters. The number of carbonyl (C=O) groups excluding carboxylic acids is 1. The number of piperazine rings is 1. The molecule has 3 aliphatic rings. The van der Waals surface area contributed by atoms with Crippen LogP contribution in [0.3, 0.4) is 0 Å². The minimum absolute atomic E-state index is 0.147.